The minimum absolute atomic E-state index is 0.0698. The maximum Gasteiger partial charge on any atom is 0.305 e. The number of aromatic nitrogens is 1. The normalized spacial score (nSPS) is 18.1. The van der Waals surface area contributed by atoms with Crippen LogP contribution in [0.5, 0.6) is 0 Å². The topological polar surface area (TPSA) is 71.5 Å². The fourth-order valence-corrected chi connectivity index (χ4v) is 3.03. The summed E-state index contributed by atoms with van der Waals surface area (Å²) < 4.78 is 4.61. The van der Waals surface area contributed by atoms with Gasteiger partial charge in [-0.1, -0.05) is 12.5 Å². The highest BCUT2D eigenvalue weighted by Crippen LogP contribution is 2.19. The van der Waals surface area contributed by atoms with Crippen molar-refractivity contribution >= 4 is 11.9 Å². The Morgan fingerprint density at radius 2 is 2.25 bits per heavy atom. The highest BCUT2D eigenvalue weighted by molar-refractivity contribution is 5.81. The molecule has 1 aliphatic heterocycles. The first-order valence-electron chi connectivity index (χ1n) is 8.68. The van der Waals surface area contributed by atoms with Crippen molar-refractivity contribution in [1.82, 2.24) is 15.2 Å². The zero-order chi connectivity index (χ0) is 17.2. The van der Waals surface area contributed by atoms with Crippen LogP contribution in [0, 0.1) is 0 Å². The van der Waals surface area contributed by atoms with Crippen LogP contribution in [0.2, 0.25) is 0 Å². The van der Waals surface area contributed by atoms with E-state index >= 15 is 0 Å². The average Bonchev–Trinajstić information content (AvgIpc) is 2.62. The fraction of sp³-hybridized carbons (Fsp3) is 0.611. The first-order valence-corrected chi connectivity index (χ1v) is 8.68. The molecule has 0 radical (unpaired) electrons. The van der Waals surface area contributed by atoms with E-state index in [1.54, 1.807) is 6.20 Å². The standard InChI is InChI=1S/C18H27N3O3/c1-24-17(22)9-2-4-11-20-18(23)16-8-3-5-12-21(16)14-15-7-6-10-19-13-15/h6-7,10,13,16H,2-5,8-9,11-12,14H2,1H3,(H,20,23). The number of nitrogens with one attached hydrogen (secondary N) is 1. The number of pyridine rings is 1. The van der Waals surface area contributed by atoms with Gasteiger partial charge in [0.15, 0.2) is 0 Å². The molecule has 1 amide bonds. The zero-order valence-corrected chi connectivity index (χ0v) is 14.4. The molecule has 0 bridgehead atoms. The number of ether oxygens (including phenoxy) is 1. The molecule has 1 unspecified atom stereocenters. The van der Waals surface area contributed by atoms with Crippen molar-refractivity contribution < 1.29 is 14.3 Å². The molecule has 1 aromatic rings. The van der Waals surface area contributed by atoms with Gasteiger partial charge in [0.2, 0.25) is 5.91 Å². The summed E-state index contributed by atoms with van der Waals surface area (Å²) in [5.74, 6) is -0.104. The van der Waals surface area contributed by atoms with Crippen LogP contribution in [0.3, 0.4) is 0 Å². The third-order valence-corrected chi connectivity index (χ3v) is 4.36. The van der Waals surface area contributed by atoms with Gasteiger partial charge in [-0.05, 0) is 43.9 Å². The van der Waals surface area contributed by atoms with Gasteiger partial charge < -0.3 is 10.1 Å². The second-order valence-corrected chi connectivity index (χ2v) is 6.17. The summed E-state index contributed by atoms with van der Waals surface area (Å²) in [6, 6.07) is 3.90. The molecule has 1 aromatic heterocycles. The Balaban J connectivity index is 1.77. The van der Waals surface area contributed by atoms with E-state index in [4.69, 9.17) is 0 Å². The van der Waals surface area contributed by atoms with Crippen LogP contribution in [-0.2, 0) is 20.9 Å². The molecular weight excluding hydrogens is 306 g/mol. The number of amides is 1. The smallest absolute Gasteiger partial charge is 0.305 e. The van der Waals surface area contributed by atoms with Crippen LogP contribution in [0.25, 0.3) is 0 Å². The van der Waals surface area contributed by atoms with E-state index in [0.29, 0.717) is 13.0 Å². The second kappa shape index (κ2) is 10.0. The number of piperidine rings is 1. The van der Waals surface area contributed by atoms with Gasteiger partial charge in [-0.15, -0.1) is 0 Å². The lowest BCUT2D eigenvalue weighted by atomic mass is 10.0. The predicted octanol–water partition coefficient (Wildman–Crippen LogP) is 1.90. The van der Waals surface area contributed by atoms with Crippen molar-refractivity contribution in [3.8, 4) is 0 Å². The molecule has 24 heavy (non-hydrogen) atoms. The molecule has 1 N–H and O–H groups in total. The molecule has 2 rings (SSSR count). The van der Waals surface area contributed by atoms with Gasteiger partial charge in [0.05, 0.1) is 13.2 Å². The van der Waals surface area contributed by atoms with Crippen molar-refractivity contribution in [2.45, 2.75) is 51.1 Å². The molecule has 0 saturated carbocycles. The number of esters is 1. The molecule has 1 atom stereocenters. The van der Waals surface area contributed by atoms with E-state index in [0.717, 1.165) is 50.8 Å². The van der Waals surface area contributed by atoms with Gasteiger partial charge in [-0.3, -0.25) is 19.5 Å². The van der Waals surface area contributed by atoms with Gasteiger partial charge >= 0.3 is 5.97 Å². The van der Waals surface area contributed by atoms with Crippen LogP contribution < -0.4 is 5.32 Å². The highest BCUT2D eigenvalue weighted by Gasteiger charge is 2.28. The van der Waals surface area contributed by atoms with E-state index in [-0.39, 0.29) is 17.9 Å². The summed E-state index contributed by atoms with van der Waals surface area (Å²) in [4.78, 5) is 29.9. The average molecular weight is 333 g/mol. The van der Waals surface area contributed by atoms with Crippen LogP contribution in [0.1, 0.15) is 44.1 Å². The first kappa shape index (κ1) is 18.4. The van der Waals surface area contributed by atoms with Crippen LogP contribution in [0.15, 0.2) is 24.5 Å². The fourth-order valence-electron chi connectivity index (χ4n) is 3.03. The summed E-state index contributed by atoms with van der Waals surface area (Å²) >= 11 is 0. The Morgan fingerprint density at radius 3 is 3.00 bits per heavy atom. The third kappa shape index (κ3) is 5.92. The molecule has 0 aliphatic carbocycles. The Hall–Kier alpha value is -1.95. The predicted molar refractivity (Wildman–Crippen MR) is 91.2 cm³/mol. The number of carbonyl (C=O) groups is 2. The van der Waals surface area contributed by atoms with E-state index in [2.05, 4.69) is 19.9 Å². The molecule has 0 aromatic carbocycles. The van der Waals surface area contributed by atoms with Gasteiger partial charge in [-0.2, -0.15) is 0 Å². The zero-order valence-electron chi connectivity index (χ0n) is 14.4. The van der Waals surface area contributed by atoms with Crippen molar-refractivity contribution in [2.24, 2.45) is 0 Å². The van der Waals surface area contributed by atoms with Crippen molar-refractivity contribution in [3.63, 3.8) is 0 Å². The monoisotopic (exact) mass is 333 g/mol. The van der Waals surface area contributed by atoms with Gasteiger partial charge in [0.1, 0.15) is 0 Å². The maximum atomic E-state index is 12.5. The minimum atomic E-state index is -0.198. The van der Waals surface area contributed by atoms with E-state index < -0.39 is 0 Å². The Labute approximate surface area is 143 Å². The molecule has 0 spiro atoms. The minimum Gasteiger partial charge on any atom is -0.469 e. The van der Waals surface area contributed by atoms with Crippen LogP contribution in [-0.4, -0.2) is 48.0 Å². The Morgan fingerprint density at radius 1 is 1.38 bits per heavy atom. The lowest BCUT2D eigenvalue weighted by Crippen LogP contribution is -2.49. The third-order valence-electron chi connectivity index (χ3n) is 4.36. The molecule has 6 heteroatoms. The molecule has 6 nitrogen and oxygen atoms in total. The quantitative estimate of drug-likeness (QED) is 0.581. The molecular formula is C18H27N3O3. The maximum absolute atomic E-state index is 12.5. The number of nitrogens with zero attached hydrogens (tertiary/aromatic N) is 2. The SMILES string of the molecule is COC(=O)CCCCNC(=O)C1CCCCN1Cc1cccnc1. The molecule has 1 aliphatic rings. The number of hydrogen-bond donors (Lipinski definition) is 1. The Kier molecular flexibility index (Phi) is 7.68. The number of likely N-dealkylation sites (tertiary alicyclic amines) is 1. The second-order valence-electron chi connectivity index (χ2n) is 6.17. The lowest BCUT2D eigenvalue weighted by Gasteiger charge is -2.34. The van der Waals surface area contributed by atoms with Crippen molar-refractivity contribution in [3.05, 3.63) is 30.1 Å². The van der Waals surface area contributed by atoms with E-state index in [1.807, 2.05) is 18.3 Å². The first-order chi connectivity index (χ1) is 11.7. The van der Waals surface area contributed by atoms with E-state index in [1.165, 1.54) is 7.11 Å². The Bertz CT molecular complexity index is 522. The summed E-state index contributed by atoms with van der Waals surface area (Å²) in [7, 11) is 1.39. The summed E-state index contributed by atoms with van der Waals surface area (Å²) in [6.45, 7) is 2.30. The largest absolute Gasteiger partial charge is 0.469 e. The number of hydrogen-bond acceptors (Lipinski definition) is 5. The molecule has 2 heterocycles. The van der Waals surface area contributed by atoms with Gasteiger partial charge in [0.25, 0.3) is 0 Å². The molecule has 132 valence electrons. The molecule has 1 saturated heterocycles. The summed E-state index contributed by atoms with van der Waals surface area (Å²) in [5, 5.41) is 3.01. The van der Waals surface area contributed by atoms with Crippen LogP contribution in [0.4, 0.5) is 0 Å². The number of unbranched alkanes of at least 4 members (excludes halogenated alkanes) is 1. The summed E-state index contributed by atoms with van der Waals surface area (Å²) in [6.07, 6.45) is 8.66. The van der Waals surface area contributed by atoms with E-state index in [9.17, 15) is 9.59 Å². The van der Waals surface area contributed by atoms with Gasteiger partial charge in [0, 0.05) is 31.9 Å². The summed E-state index contributed by atoms with van der Waals surface area (Å²) in [5.41, 5.74) is 1.13. The number of carbonyl (C=O) groups excluding carboxylic acids is 2. The molecule has 1 fully saturated rings. The number of methoxy groups -OCH3 is 1. The van der Waals surface area contributed by atoms with Crippen molar-refractivity contribution in [1.29, 1.82) is 0 Å². The van der Waals surface area contributed by atoms with Crippen molar-refractivity contribution in [2.75, 3.05) is 20.2 Å². The van der Waals surface area contributed by atoms with Crippen LogP contribution >= 0.6 is 0 Å². The number of rotatable bonds is 8. The van der Waals surface area contributed by atoms with Gasteiger partial charge in [-0.25, -0.2) is 0 Å². The highest BCUT2D eigenvalue weighted by atomic mass is 16.5. The lowest BCUT2D eigenvalue weighted by molar-refractivity contribution is -0.140.